The molecule has 2 atom stereocenters. The van der Waals surface area contributed by atoms with E-state index < -0.39 is 9.84 Å². The molecular formula is C20H22N2O4S. The van der Waals surface area contributed by atoms with Crippen molar-refractivity contribution in [2.75, 3.05) is 22.1 Å². The van der Waals surface area contributed by atoms with Gasteiger partial charge in [0.1, 0.15) is 0 Å². The molecule has 2 aromatic carbocycles. The molecule has 2 amide bonds. The van der Waals surface area contributed by atoms with Crippen molar-refractivity contribution in [3.63, 3.8) is 0 Å². The van der Waals surface area contributed by atoms with Crippen molar-refractivity contribution in [3.05, 3.63) is 60.7 Å². The molecule has 6 nitrogen and oxygen atoms in total. The molecule has 0 aliphatic carbocycles. The fourth-order valence-corrected chi connectivity index (χ4v) is 5.61. The summed E-state index contributed by atoms with van der Waals surface area (Å²) in [5.41, 5.74) is 1.34. The van der Waals surface area contributed by atoms with Gasteiger partial charge in [-0.15, -0.1) is 0 Å². The fourth-order valence-electron chi connectivity index (χ4n) is 3.39. The highest BCUT2D eigenvalue weighted by atomic mass is 32.2. The molecule has 0 saturated carbocycles. The van der Waals surface area contributed by atoms with Gasteiger partial charge in [-0.2, -0.15) is 0 Å². The minimum Gasteiger partial charge on any atom is -0.326 e. The molecule has 0 radical (unpaired) electrons. The Hall–Kier alpha value is -2.67. The van der Waals surface area contributed by atoms with Crippen LogP contribution in [0.25, 0.3) is 0 Å². The highest BCUT2D eigenvalue weighted by molar-refractivity contribution is 7.91. The van der Waals surface area contributed by atoms with E-state index in [9.17, 15) is 18.0 Å². The molecule has 1 aliphatic heterocycles. The van der Waals surface area contributed by atoms with Crippen molar-refractivity contribution in [1.82, 2.24) is 0 Å². The highest BCUT2D eigenvalue weighted by Gasteiger charge is 2.39. The van der Waals surface area contributed by atoms with Crippen LogP contribution in [0.5, 0.6) is 0 Å². The van der Waals surface area contributed by atoms with Crippen molar-refractivity contribution in [1.29, 1.82) is 0 Å². The van der Waals surface area contributed by atoms with Gasteiger partial charge >= 0.3 is 0 Å². The molecule has 3 rings (SSSR count). The first-order valence-electron chi connectivity index (χ1n) is 8.81. The lowest BCUT2D eigenvalue weighted by Gasteiger charge is -2.17. The second kappa shape index (κ2) is 8.35. The summed E-state index contributed by atoms with van der Waals surface area (Å²) >= 11 is 0. The Morgan fingerprint density at radius 3 is 1.48 bits per heavy atom. The normalized spacial score (nSPS) is 20.7. The molecule has 1 aliphatic rings. The summed E-state index contributed by atoms with van der Waals surface area (Å²) in [6.07, 6.45) is 0.162. The van der Waals surface area contributed by atoms with Gasteiger partial charge in [-0.05, 0) is 36.1 Å². The van der Waals surface area contributed by atoms with Crippen LogP contribution in [-0.2, 0) is 19.4 Å². The minimum absolute atomic E-state index is 0.0571. The molecule has 1 saturated heterocycles. The summed E-state index contributed by atoms with van der Waals surface area (Å²) in [7, 11) is -3.24. The third kappa shape index (κ3) is 5.65. The van der Waals surface area contributed by atoms with Crippen molar-refractivity contribution >= 4 is 33.0 Å². The maximum Gasteiger partial charge on any atom is 0.224 e. The summed E-state index contributed by atoms with van der Waals surface area (Å²) in [6.45, 7) is 0. The van der Waals surface area contributed by atoms with Crippen molar-refractivity contribution in [2.24, 2.45) is 11.8 Å². The summed E-state index contributed by atoms with van der Waals surface area (Å²) < 4.78 is 24.1. The van der Waals surface area contributed by atoms with Gasteiger partial charge in [0.05, 0.1) is 11.5 Å². The second-order valence-electron chi connectivity index (χ2n) is 6.83. The molecule has 1 heterocycles. The average Bonchev–Trinajstić information content (AvgIpc) is 2.89. The number of hydrogen-bond acceptors (Lipinski definition) is 4. The average molecular weight is 386 g/mol. The molecule has 2 N–H and O–H groups in total. The largest absolute Gasteiger partial charge is 0.326 e. The smallest absolute Gasteiger partial charge is 0.224 e. The molecule has 2 aromatic rings. The van der Waals surface area contributed by atoms with Gasteiger partial charge in [-0.1, -0.05) is 36.4 Å². The molecule has 1 fully saturated rings. The predicted octanol–water partition coefficient (Wildman–Crippen LogP) is 2.70. The summed E-state index contributed by atoms with van der Waals surface area (Å²) in [5.74, 6) is -1.31. The van der Waals surface area contributed by atoms with E-state index in [1.807, 2.05) is 36.4 Å². The first-order valence-corrected chi connectivity index (χ1v) is 10.6. The molecule has 2 unspecified atom stereocenters. The minimum atomic E-state index is -3.24. The van der Waals surface area contributed by atoms with Crippen LogP contribution in [0.2, 0.25) is 0 Å². The van der Waals surface area contributed by atoms with Gasteiger partial charge in [-0.3, -0.25) is 9.59 Å². The Balaban J connectivity index is 1.60. The number of carbonyl (C=O) groups is 2. The standard InChI is InChI=1S/C20H22N2O4S/c23-19(21-17-7-3-1-4-8-17)11-15-13-27(25,26)14-16(15)12-20(24)22-18-9-5-2-6-10-18/h1-10,15-16H,11-14H2,(H,21,23)(H,22,24). The van der Waals surface area contributed by atoms with E-state index in [0.29, 0.717) is 11.4 Å². The van der Waals surface area contributed by atoms with Gasteiger partial charge < -0.3 is 10.6 Å². The molecular weight excluding hydrogens is 364 g/mol. The van der Waals surface area contributed by atoms with Crippen LogP contribution in [0.3, 0.4) is 0 Å². The third-order valence-corrected chi connectivity index (χ3v) is 6.48. The maximum atomic E-state index is 12.3. The number of nitrogens with one attached hydrogen (secondary N) is 2. The zero-order valence-corrected chi connectivity index (χ0v) is 15.6. The van der Waals surface area contributed by atoms with E-state index in [4.69, 9.17) is 0 Å². The van der Waals surface area contributed by atoms with E-state index in [1.54, 1.807) is 24.3 Å². The number of anilines is 2. The quantitative estimate of drug-likeness (QED) is 0.798. The Morgan fingerprint density at radius 1 is 0.741 bits per heavy atom. The zero-order chi connectivity index (χ0) is 19.3. The maximum absolute atomic E-state index is 12.3. The Morgan fingerprint density at radius 2 is 1.11 bits per heavy atom. The van der Waals surface area contributed by atoms with Crippen LogP contribution in [0.1, 0.15) is 12.8 Å². The fraction of sp³-hybridized carbons (Fsp3) is 0.300. The van der Waals surface area contributed by atoms with Crippen LogP contribution in [0.15, 0.2) is 60.7 Å². The number of amides is 2. The molecule has 7 heteroatoms. The molecule has 142 valence electrons. The summed E-state index contributed by atoms with van der Waals surface area (Å²) in [5, 5.41) is 5.55. The summed E-state index contributed by atoms with van der Waals surface area (Å²) in [4.78, 5) is 24.6. The van der Waals surface area contributed by atoms with E-state index >= 15 is 0 Å². The number of carbonyl (C=O) groups excluding carboxylic acids is 2. The zero-order valence-electron chi connectivity index (χ0n) is 14.8. The Kier molecular flexibility index (Phi) is 5.91. The topological polar surface area (TPSA) is 92.3 Å². The lowest BCUT2D eigenvalue weighted by Crippen LogP contribution is -2.25. The first kappa shape index (κ1) is 19.1. The van der Waals surface area contributed by atoms with Crippen LogP contribution >= 0.6 is 0 Å². The molecule has 0 aromatic heterocycles. The number of hydrogen-bond donors (Lipinski definition) is 2. The van der Waals surface area contributed by atoms with Gasteiger partial charge in [0.25, 0.3) is 0 Å². The Labute approximate surface area is 158 Å². The monoisotopic (exact) mass is 386 g/mol. The summed E-state index contributed by atoms with van der Waals surface area (Å²) in [6, 6.07) is 18.0. The Bertz CT molecular complexity index is 829. The van der Waals surface area contributed by atoms with E-state index in [1.165, 1.54) is 0 Å². The lowest BCUT2D eigenvalue weighted by atomic mass is 9.89. The van der Waals surface area contributed by atoms with Crippen molar-refractivity contribution < 1.29 is 18.0 Å². The van der Waals surface area contributed by atoms with Crippen LogP contribution in [-0.4, -0.2) is 31.7 Å². The number of rotatable bonds is 6. The molecule has 0 bridgehead atoms. The van der Waals surface area contributed by atoms with Gasteiger partial charge in [0.15, 0.2) is 9.84 Å². The van der Waals surface area contributed by atoms with E-state index in [2.05, 4.69) is 10.6 Å². The van der Waals surface area contributed by atoms with Crippen LogP contribution in [0, 0.1) is 11.8 Å². The van der Waals surface area contributed by atoms with Crippen LogP contribution < -0.4 is 10.6 Å². The molecule has 0 spiro atoms. The van der Waals surface area contributed by atoms with Gasteiger partial charge in [-0.25, -0.2) is 8.42 Å². The SMILES string of the molecule is O=C(CC1CS(=O)(=O)CC1CC(=O)Nc1ccccc1)Nc1ccccc1. The van der Waals surface area contributed by atoms with E-state index in [0.717, 1.165) is 0 Å². The molecule has 27 heavy (non-hydrogen) atoms. The third-order valence-electron chi connectivity index (χ3n) is 4.61. The predicted molar refractivity (Wildman–Crippen MR) is 105 cm³/mol. The van der Waals surface area contributed by atoms with Crippen molar-refractivity contribution in [3.8, 4) is 0 Å². The number of benzene rings is 2. The first-order chi connectivity index (χ1) is 12.9. The highest BCUT2D eigenvalue weighted by Crippen LogP contribution is 2.31. The second-order valence-corrected chi connectivity index (χ2v) is 8.99. The van der Waals surface area contributed by atoms with Gasteiger partial charge in [0, 0.05) is 24.2 Å². The van der Waals surface area contributed by atoms with Gasteiger partial charge in [0.2, 0.25) is 11.8 Å². The van der Waals surface area contributed by atoms with Crippen molar-refractivity contribution in [2.45, 2.75) is 12.8 Å². The number of para-hydroxylation sites is 2. The van der Waals surface area contributed by atoms with E-state index in [-0.39, 0.29) is 48.0 Å². The lowest BCUT2D eigenvalue weighted by molar-refractivity contribution is -0.119. The number of sulfone groups is 1. The van der Waals surface area contributed by atoms with Crippen LogP contribution in [0.4, 0.5) is 11.4 Å².